The van der Waals surface area contributed by atoms with E-state index in [0.717, 1.165) is 41.5 Å². The largest absolute Gasteiger partial charge is 0.382 e. The van der Waals surface area contributed by atoms with Gasteiger partial charge in [-0.15, -0.1) is 0 Å². The molecule has 0 saturated heterocycles. The predicted molar refractivity (Wildman–Crippen MR) is 286 cm³/mol. The van der Waals surface area contributed by atoms with Crippen molar-refractivity contribution in [3.05, 3.63) is 281 Å². The van der Waals surface area contributed by atoms with Crippen LogP contribution in [0.4, 0.5) is 0 Å². The van der Waals surface area contributed by atoms with Gasteiger partial charge in [0.2, 0.25) is 0 Å². The number of ether oxygens (including phenoxy) is 1. The molecule has 0 aliphatic heterocycles. The van der Waals surface area contributed by atoms with E-state index in [1.54, 1.807) is 99.0 Å². The van der Waals surface area contributed by atoms with Gasteiger partial charge in [-0.1, -0.05) is 249 Å². The van der Waals surface area contributed by atoms with Crippen LogP contribution in [0.1, 0.15) is 109 Å². The molecule has 1 N–H and O–H groups in total. The van der Waals surface area contributed by atoms with Gasteiger partial charge in [-0.25, -0.2) is 4.18 Å². The van der Waals surface area contributed by atoms with E-state index in [1.807, 2.05) is 146 Å². The quantitative estimate of drug-likeness (QED) is 0.0832. The summed E-state index contributed by atoms with van der Waals surface area (Å²) in [5.41, 5.74) is 3.38. The predicted octanol–water partition coefficient (Wildman–Crippen LogP) is 13.2. The van der Waals surface area contributed by atoms with Crippen molar-refractivity contribution in [3.8, 4) is 0 Å². The lowest BCUT2D eigenvalue weighted by molar-refractivity contribution is 0.0101. The van der Waals surface area contributed by atoms with Gasteiger partial charge in [0.25, 0.3) is 10.1 Å². The van der Waals surface area contributed by atoms with E-state index in [1.165, 1.54) is 12.1 Å². The minimum Gasteiger partial charge on any atom is -0.382 e. The van der Waals surface area contributed by atoms with Gasteiger partial charge in [0, 0.05) is 34.9 Å². The molecule has 2 atom stereocenters. The molecule has 9 nitrogen and oxygen atoms in total. The minimum absolute atomic E-state index is 0.0184. The lowest BCUT2D eigenvalue weighted by atomic mass is 9.79. The van der Waals surface area contributed by atoms with Crippen LogP contribution in [0.5, 0.6) is 0 Å². The highest BCUT2D eigenvalue weighted by atomic mass is 32.2. The Bertz CT molecular complexity index is 3030. The van der Waals surface area contributed by atoms with E-state index in [9.17, 15) is 32.7 Å². The number of rotatable bonds is 14. The van der Waals surface area contributed by atoms with Gasteiger partial charge in [-0.05, 0) is 49.9 Å². The zero-order valence-corrected chi connectivity index (χ0v) is 42.1. The van der Waals surface area contributed by atoms with Crippen LogP contribution in [-0.2, 0) is 24.6 Å². The Labute approximate surface area is 429 Å². The van der Waals surface area contributed by atoms with Crippen molar-refractivity contribution in [2.45, 2.75) is 68.2 Å². The summed E-state index contributed by atoms with van der Waals surface area (Å²) in [5.74, 6) is -0.474. The Hall–Kier alpha value is -7.73. The molecule has 1 fully saturated rings. The third-order valence-electron chi connectivity index (χ3n) is 12.3. The third-order valence-corrected chi connectivity index (χ3v) is 13.6. The van der Waals surface area contributed by atoms with Crippen molar-refractivity contribution in [1.82, 2.24) is 0 Å². The Morgan fingerprint density at radius 2 is 0.890 bits per heavy atom. The number of aryl methyl sites for hydroxylation is 1. The van der Waals surface area contributed by atoms with Crippen molar-refractivity contribution in [2.75, 3.05) is 7.11 Å². The molecule has 9 rings (SSSR count). The van der Waals surface area contributed by atoms with E-state index >= 15 is 0 Å². The summed E-state index contributed by atoms with van der Waals surface area (Å²) < 4.78 is 36.3. The molecule has 73 heavy (non-hydrogen) atoms. The second-order valence-electron chi connectivity index (χ2n) is 17.5. The number of aliphatic hydroxyl groups is 1. The van der Waals surface area contributed by atoms with Crippen molar-refractivity contribution >= 4 is 33.3 Å². The first-order chi connectivity index (χ1) is 35.3. The summed E-state index contributed by atoms with van der Waals surface area (Å²) in [4.78, 5) is 49.4. The summed E-state index contributed by atoms with van der Waals surface area (Å²) in [7, 11) is -2.53. The lowest BCUT2D eigenvalue weighted by Crippen LogP contribution is -2.40. The number of methoxy groups -OCH3 is 1. The third kappa shape index (κ3) is 15.1. The second-order valence-corrected chi connectivity index (χ2v) is 19.1. The number of benzene rings is 8. The molecule has 1 aliphatic rings. The van der Waals surface area contributed by atoms with Crippen LogP contribution >= 0.6 is 0 Å². The minimum atomic E-state index is -4.10. The second kappa shape index (κ2) is 26.6. The first-order valence-corrected chi connectivity index (χ1v) is 25.5. The first-order valence-electron chi connectivity index (χ1n) is 24.1. The molecule has 0 bridgehead atoms. The molecule has 10 heteroatoms. The molecular formula is C63H60O9S. The maximum absolute atomic E-state index is 12.9. The van der Waals surface area contributed by atoms with E-state index in [-0.39, 0.29) is 22.2 Å². The summed E-state index contributed by atoms with van der Waals surface area (Å²) in [5, 5.41) is 10.2. The number of carbonyl (C=O) groups is 4. The fraction of sp³-hybridized carbons (Fsp3) is 0.175. The number of ketones is 4. The molecule has 1 saturated carbocycles. The van der Waals surface area contributed by atoms with Gasteiger partial charge in [-0.3, -0.25) is 19.2 Å². The molecule has 0 radical (unpaired) electrons. The van der Waals surface area contributed by atoms with Crippen molar-refractivity contribution < 1.29 is 41.6 Å². The summed E-state index contributed by atoms with van der Waals surface area (Å²) in [6.07, 6.45) is 3.01. The Morgan fingerprint density at radius 1 is 0.507 bits per heavy atom. The average molecular weight is 993 g/mol. The maximum Gasteiger partial charge on any atom is 0.298 e. The molecular weight excluding hydrogens is 933 g/mol. The van der Waals surface area contributed by atoms with Crippen LogP contribution in [0.3, 0.4) is 0 Å². The van der Waals surface area contributed by atoms with E-state index in [4.69, 9.17) is 8.92 Å². The number of carbonyl (C=O) groups excluding carboxylic acids is 4. The van der Waals surface area contributed by atoms with E-state index < -0.39 is 33.2 Å². The zero-order valence-electron chi connectivity index (χ0n) is 41.3. The molecule has 1 aliphatic carbocycles. The van der Waals surface area contributed by atoms with Gasteiger partial charge in [0.1, 0.15) is 5.60 Å². The maximum atomic E-state index is 12.9. The smallest absolute Gasteiger partial charge is 0.298 e. The van der Waals surface area contributed by atoms with Gasteiger partial charge in [-0.2, -0.15) is 8.42 Å². The van der Waals surface area contributed by atoms with E-state index in [0.29, 0.717) is 35.1 Å². The van der Waals surface area contributed by atoms with Gasteiger partial charge >= 0.3 is 0 Å². The zero-order chi connectivity index (χ0) is 52.1. The molecule has 0 amide bonds. The summed E-state index contributed by atoms with van der Waals surface area (Å²) in [6.45, 7) is 3.67. The monoisotopic (exact) mass is 992 g/mol. The highest BCUT2D eigenvalue weighted by Crippen LogP contribution is 2.32. The number of hydrogen-bond donors (Lipinski definition) is 1. The standard InChI is InChI=1S/C21H18O4S.C16H16O2.C13H16O2.C13H10O/c1-16-12-14-19(15-13-16)26(23,24)25-21(18-10-6-3-7-11-18)20(22)17-8-4-2-5-9-17;1-16(18-2,14-11-7-4-8-12-14)15(17)13-9-5-3-6-10-13;14-12(11-7-3-1-4-8-11)13(15)9-5-2-6-10-13;14-13(11-7-3-1-4-8-11)12-9-5-2-6-10-12/h2-15,21H,1H3;3-12H,1-2H3;1,3-4,7-8,15H,2,5-6,9-10H2;1-10H. The van der Waals surface area contributed by atoms with Gasteiger partial charge in [0.05, 0.1) is 4.90 Å². The van der Waals surface area contributed by atoms with Gasteiger partial charge < -0.3 is 9.84 Å². The van der Waals surface area contributed by atoms with Crippen molar-refractivity contribution in [1.29, 1.82) is 0 Å². The summed E-state index contributed by atoms with van der Waals surface area (Å²) in [6, 6.07) is 69.9. The molecule has 0 spiro atoms. The topological polar surface area (TPSA) is 141 Å². The molecule has 8 aromatic rings. The Balaban J connectivity index is 0.000000164. The number of Topliss-reactive ketones (excluding diaryl/α,β-unsaturated/α-hetero) is 3. The van der Waals surface area contributed by atoms with Crippen LogP contribution in [0.15, 0.2) is 241 Å². The summed E-state index contributed by atoms with van der Waals surface area (Å²) >= 11 is 0. The molecule has 0 aromatic heterocycles. The van der Waals surface area contributed by atoms with Crippen LogP contribution in [0.25, 0.3) is 0 Å². The van der Waals surface area contributed by atoms with Crippen LogP contribution < -0.4 is 0 Å². The average Bonchev–Trinajstić information content (AvgIpc) is 3.46. The van der Waals surface area contributed by atoms with Crippen LogP contribution in [-0.4, -0.2) is 49.4 Å². The highest BCUT2D eigenvalue weighted by Gasteiger charge is 2.38. The molecule has 0 heterocycles. The normalized spacial score (nSPS) is 13.8. The van der Waals surface area contributed by atoms with Crippen LogP contribution in [0.2, 0.25) is 0 Å². The highest BCUT2D eigenvalue weighted by molar-refractivity contribution is 7.86. The molecule has 2 unspecified atom stereocenters. The van der Waals surface area contributed by atoms with Crippen molar-refractivity contribution in [3.63, 3.8) is 0 Å². The van der Waals surface area contributed by atoms with Crippen molar-refractivity contribution in [2.24, 2.45) is 0 Å². The Morgan fingerprint density at radius 3 is 1.33 bits per heavy atom. The fourth-order valence-electron chi connectivity index (χ4n) is 8.05. The van der Waals surface area contributed by atoms with Gasteiger partial charge in [0.15, 0.2) is 34.8 Å². The molecule has 8 aromatic carbocycles. The Kier molecular flexibility index (Phi) is 19.9. The van der Waals surface area contributed by atoms with E-state index in [2.05, 4.69) is 0 Å². The molecule has 372 valence electrons. The fourth-order valence-corrected chi connectivity index (χ4v) is 9.08. The number of hydrogen-bond acceptors (Lipinski definition) is 9. The lowest BCUT2D eigenvalue weighted by Gasteiger charge is -2.30. The van der Waals surface area contributed by atoms with Crippen LogP contribution in [0, 0.1) is 6.92 Å². The SMILES string of the molecule is COC(C)(C(=O)c1ccccc1)c1ccccc1.Cc1ccc(S(=O)(=O)OC(C(=O)c2ccccc2)c2ccccc2)cc1.O=C(c1ccccc1)C1(O)CCCCC1.O=C(c1ccccc1)c1ccccc1. The first kappa shape index (κ1) is 54.6.